The fourth-order valence-corrected chi connectivity index (χ4v) is 3.57. The Balaban J connectivity index is 1.84. The van der Waals surface area contributed by atoms with Crippen LogP contribution >= 0.6 is 11.6 Å². The van der Waals surface area contributed by atoms with E-state index >= 15 is 0 Å². The first-order chi connectivity index (χ1) is 10.3. The van der Waals surface area contributed by atoms with E-state index in [0.29, 0.717) is 6.04 Å². The van der Waals surface area contributed by atoms with E-state index < -0.39 is 0 Å². The van der Waals surface area contributed by atoms with Crippen molar-refractivity contribution in [1.29, 1.82) is 0 Å². The monoisotopic (exact) mass is 303 g/mol. The predicted octanol–water partition coefficient (Wildman–Crippen LogP) is 4.91. The minimum Gasteiger partial charge on any atom is -0.381 e. The molecule has 0 saturated heterocycles. The maximum Gasteiger partial charge on any atom is 0.0992 e. The minimum atomic E-state index is 0.546. The first-order valence-corrected chi connectivity index (χ1v) is 8.19. The van der Waals surface area contributed by atoms with Crippen molar-refractivity contribution >= 4 is 17.3 Å². The van der Waals surface area contributed by atoms with Crippen molar-refractivity contribution < 1.29 is 0 Å². The van der Waals surface area contributed by atoms with Crippen LogP contribution < -0.4 is 5.32 Å². The quantitative estimate of drug-likeness (QED) is 0.870. The first-order valence-electron chi connectivity index (χ1n) is 7.81. The van der Waals surface area contributed by atoms with Crippen molar-refractivity contribution in [2.75, 3.05) is 5.32 Å². The van der Waals surface area contributed by atoms with Crippen LogP contribution in [0.2, 0.25) is 5.02 Å². The molecule has 2 aromatic rings. The topological polar surface area (TPSA) is 29.9 Å². The van der Waals surface area contributed by atoms with Crippen LogP contribution in [0.5, 0.6) is 0 Å². The molecule has 3 rings (SSSR count). The fourth-order valence-electron chi connectivity index (χ4n) is 3.30. The van der Waals surface area contributed by atoms with Gasteiger partial charge in [0.2, 0.25) is 0 Å². The van der Waals surface area contributed by atoms with Crippen molar-refractivity contribution in [3.63, 3.8) is 0 Å². The van der Waals surface area contributed by atoms with Gasteiger partial charge in [-0.2, -0.15) is 0 Å². The molecule has 1 aliphatic rings. The lowest BCUT2D eigenvalue weighted by Gasteiger charge is -2.30. The first kappa shape index (κ1) is 14.5. The number of para-hydroxylation sites is 1. The van der Waals surface area contributed by atoms with E-state index in [1.54, 1.807) is 12.5 Å². The number of hydrogen-bond donors (Lipinski definition) is 1. The van der Waals surface area contributed by atoms with Gasteiger partial charge in [0.25, 0.3) is 0 Å². The highest BCUT2D eigenvalue weighted by molar-refractivity contribution is 6.33. The van der Waals surface area contributed by atoms with Crippen LogP contribution in [0.15, 0.2) is 36.9 Å². The standard InChI is InChI=1S/C17H22ClN3/c1-2-13-5-3-6-14(11-13)20-16-8-4-7-15(18)17(16)21-10-9-19-12-21/h4,7-10,12-14,20H,2-3,5-6,11H2,1H3. The highest BCUT2D eigenvalue weighted by Crippen LogP contribution is 2.33. The molecule has 2 unspecified atom stereocenters. The summed E-state index contributed by atoms with van der Waals surface area (Å²) in [6.07, 6.45) is 12.0. The second-order valence-corrected chi connectivity index (χ2v) is 6.30. The van der Waals surface area contributed by atoms with Gasteiger partial charge in [0, 0.05) is 18.4 Å². The van der Waals surface area contributed by atoms with Crippen LogP contribution in [0.4, 0.5) is 5.69 Å². The van der Waals surface area contributed by atoms with Crippen LogP contribution in [-0.4, -0.2) is 15.6 Å². The maximum atomic E-state index is 6.41. The second kappa shape index (κ2) is 6.52. The van der Waals surface area contributed by atoms with Gasteiger partial charge in [0.05, 0.1) is 22.7 Å². The van der Waals surface area contributed by atoms with Gasteiger partial charge < -0.3 is 9.88 Å². The third kappa shape index (κ3) is 3.24. The number of nitrogens with zero attached hydrogens (tertiary/aromatic N) is 2. The van der Waals surface area contributed by atoms with Crippen LogP contribution in [-0.2, 0) is 0 Å². The molecular formula is C17H22ClN3. The Bertz CT molecular complexity index is 580. The van der Waals surface area contributed by atoms with E-state index in [1.807, 2.05) is 22.9 Å². The van der Waals surface area contributed by atoms with Gasteiger partial charge >= 0.3 is 0 Å². The van der Waals surface area contributed by atoms with Gasteiger partial charge in [-0.1, -0.05) is 43.9 Å². The number of anilines is 1. The molecule has 1 saturated carbocycles. The summed E-state index contributed by atoms with van der Waals surface area (Å²) in [6, 6.07) is 6.59. The highest BCUT2D eigenvalue weighted by Gasteiger charge is 2.21. The van der Waals surface area contributed by atoms with E-state index in [0.717, 1.165) is 22.3 Å². The molecule has 1 N–H and O–H groups in total. The molecule has 112 valence electrons. The second-order valence-electron chi connectivity index (χ2n) is 5.89. The molecule has 4 heteroatoms. The van der Waals surface area contributed by atoms with Crippen LogP contribution in [0.3, 0.4) is 0 Å². The van der Waals surface area contributed by atoms with Crippen molar-refractivity contribution in [1.82, 2.24) is 9.55 Å². The lowest BCUT2D eigenvalue weighted by Crippen LogP contribution is -2.27. The molecular weight excluding hydrogens is 282 g/mol. The summed E-state index contributed by atoms with van der Waals surface area (Å²) in [4.78, 5) is 4.13. The summed E-state index contributed by atoms with van der Waals surface area (Å²) in [5.74, 6) is 0.854. The molecule has 1 aromatic carbocycles. The SMILES string of the molecule is CCC1CCCC(Nc2cccc(Cl)c2-n2ccnc2)C1. The summed E-state index contributed by atoms with van der Waals surface area (Å²) >= 11 is 6.41. The van der Waals surface area contributed by atoms with Crippen molar-refractivity contribution in [3.05, 3.63) is 41.9 Å². The Morgan fingerprint density at radius 3 is 3.05 bits per heavy atom. The lowest BCUT2D eigenvalue weighted by atomic mass is 9.84. The fraction of sp³-hybridized carbons (Fsp3) is 0.471. The van der Waals surface area contributed by atoms with E-state index in [4.69, 9.17) is 11.6 Å². The number of benzene rings is 1. The van der Waals surface area contributed by atoms with E-state index in [2.05, 4.69) is 23.3 Å². The normalized spacial score (nSPS) is 22.2. The molecule has 0 amide bonds. The van der Waals surface area contributed by atoms with Crippen LogP contribution in [0.25, 0.3) is 5.69 Å². The van der Waals surface area contributed by atoms with Gasteiger partial charge in [-0.25, -0.2) is 4.98 Å². The smallest absolute Gasteiger partial charge is 0.0992 e. The number of hydrogen-bond acceptors (Lipinski definition) is 2. The van der Waals surface area contributed by atoms with Crippen LogP contribution in [0.1, 0.15) is 39.0 Å². The molecule has 0 bridgehead atoms. The Morgan fingerprint density at radius 1 is 1.38 bits per heavy atom. The number of rotatable bonds is 4. The molecule has 2 atom stereocenters. The van der Waals surface area contributed by atoms with Gasteiger partial charge in [0.15, 0.2) is 0 Å². The largest absolute Gasteiger partial charge is 0.381 e. The summed E-state index contributed by atoms with van der Waals surface area (Å²) in [5, 5.41) is 4.46. The lowest BCUT2D eigenvalue weighted by molar-refractivity contribution is 0.327. The number of halogens is 1. The summed E-state index contributed by atoms with van der Waals surface area (Å²) < 4.78 is 1.98. The molecule has 1 aliphatic carbocycles. The summed E-state index contributed by atoms with van der Waals surface area (Å²) in [7, 11) is 0. The van der Waals surface area contributed by atoms with E-state index in [9.17, 15) is 0 Å². The Kier molecular flexibility index (Phi) is 4.49. The maximum absolute atomic E-state index is 6.41. The Hall–Kier alpha value is -1.48. The molecule has 0 spiro atoms. The Morgan fingerprint density at radius 2 is 2.29 bits per heavy atom. The van der Waals surface area contributed by atoms with Gasteiger partial charge in [-0.05, 0) is 30.9 Å². The molecule has 1 heterocycles. The summed E-state index contributed by atoms with van der Waals surface area (Å²) in [6.45, 7) is 2.29. The van der Waals surface area contributed by atoms with Gasteiger partial charge in [-0.3, -0.25) is 0 Å². The Labute approximate surface area is 131 Å². The predicted molar refractivity (Wildman–Crippen MR) is 88.2 cm³/mol. The zero-order valence-electron chi connectivity index (χ0n) is 12.4. The molecule has 1 fully saturated rings. The highest BCUT2D eigenvalue weighted by atomic mass is 35.5. The zero-order chi connectivity index (χ0) is 14.7. The van der Waals surface area contributed by atoms with Crippen molar-refractivity contribution in [3.8, 4) is 5.69 Å². The average molecular weight is 304 g/mol. The number of imidazole rings is 1. The third-order valence-corrected chi connectivity index (χ3v) is 4.77. The van der Waals surface area contributed by atoms with Gasteiger partial charge in [-0.15, -0.1) is 0 Å². The third-order valence-electron chi connectivity index (χ3n) is 4.47. The summed E-state index contributed by atoms with van der Waals surface area (Å²) in [5.41, 5.74) is 2.09. The molecule has 0 radical (unpaired) electrons. The molecule has 1 aromatic heterocycles. The minimum absolute atomic E-state index is 0.546. The van der Waals surface area contributed by atoms with Crippen LogP contribution in [0, 0.1) is 5.92 Å². The van der Waals surface area contributed by atoms with E-state index in [1.165, 1.54) is 32.1 Å². The number of nitrogens with one attached hydrogen (secondary N) is 1. The average Bonchev–Trinajstić information content (AvgIpc) is 3.01. The van der Waals surface area contributed by atoms with E-state index in [-0.39, 0.29) is 0 Å². The number of aromatic nitrogens is 2. The molecule has 21 heavy (non-hydrogen) atoms. The van der Waals surface area contributed by atoms with Gasteiger partial charge in [0.1, 0.15) is 0 Å². The molecule has 0 aliphatic heterocycles. The zero-order valence-corrected chi connectivity index (χ0v) is 13.2. The molecule has 3 nitrogen and oxygen atoms in total. The van der Waals surface area contributed by atoms with Crippen molar-refractivity contribution in [2.24, 2.45) is 5.92 Å². The van der Waals surface area contributed by atoms with Crippen molar-refractivity contribution in [2.45, 2.75) is 45.1 Å².